The fraction of sp³-hybridized carbons (Fsp3) is 0.294. The molecule has 1 N–H and O–H groups in total. The molecule has 0 atom stereocenters. The molecule has 0 radical (unpaired) electrons. The molecule has 2 aromatic rings. The van der Waals surface area contributed by atoms with Gasteiger partial charge in [-0.1, -0.05) is 25.5 Å². The van der Waals surface area contributed by atoms with Crippen LogP contribution in [0.3, 0.4) is 0 Å². The third-order valence-electron chi connectivity index (χ3n) is 3.33. The third kappa shape index (κ3) is 3.42. The Kier molecular flexibility index (Phi) is 5.44. The van der Waals surface area contributed by atoms with E-state index in [9.17, 15) is 13.2 Å². The summed E-state index contributed by atoms with van der Waals surface area (Å²) in [6, 6.07) is 6.51. The average Bonchev–Trinajstić information content (AvgIpc) is 2.51. The summed E-state index contributed by atoms with van der Waals surface area (Å²) in [5, 5.41) is 8.90. The van der Waals surface area contributed by atoms with Gasteiger partial charge in [-0.2, -0.15) is 0 Å². The minimum Gasteiger partial charge on any atom is -0.493 e. The van der Waals surface area contributed by atoms with Crippen LogP contribution in [0.5, 0.6) is 5.75 Å². The van der Waals surface area contributed by atoms with Gasteiger partial charge in [-0.15, -0.1) is 0 Å². The molecule has 0 aliphatic rings. The molecule has 5 heteroatoms. The Bertz CT molecular complexity index is 657. The highest BCUT2D eigenvalue weighted by atomic mass is 19.2. The first-order chi connectivity index (χ1) is 10.6. The van der Waals surface area contributed by atoms with Crippen molar-refractivity contribution in [1.29, 1.82) is 0 Å². The summed E-state index contributed by atoms with van der Waals surface area (Å²) in [5.74, 6) is -2.68. The third-order valence-corrected chi connectivity index (χ3v) is 3.33. The van der Waals surface area contributed by atoms with Gasteiger partial charge in [0.2, 0.25) is 0 Å². The molecule has 118 valence electrons. The van der Waals surface area contributed by atoms with E-state index in [1.54, 1.807) is 0 Å². The van der Waals surface area contributed by atoms with Gasteiger partial charge in [0.1, 0.15) is 11.6 Å². The highest BCUT2D eigenvalue weighted by Gasteiger charge is 2.17. The quantitative estimate of drug-likeness (QED) is 0.799. The molecule has 0 unspecified atom stereocenters. The monoisotopic (exact) mass is 310 g/mol. The van der Waals surface area contributed by atoms with Crippen molar-refractivity contribution < 1.29 is 23.0 Å². The van der Waals surface area contributed by atoms with Crippen LogP contribution >= 0.6 is 0 Å². The van der Waals surface area contributed by atoms with Gasteiger partial charge in [-0.05, 0) is 18.6 Å². The van der Waals surface area contributed by atoms with Crippen LogP contribution in [0.25, 0.3) is 11.1 Å². The number of rotatable bonds is 6. The van der Waals surface area contributed by atoms with Crippen LogP contribution in [-0.4, -0.2) is 11.7 Å². The Balaban J connectivity index is 2.32. The van der Waals surface area contributed by atoms with E-state index < -0.39 is 24.1 Å². The van der Waals surface area contributed by atoms with E-state index in [4.69, 9.17) is 9.84 Å². The molecule has 0 fully saturated rings. The van der Waals surface area contributed by atoms with Gasteiger partial charge in [-0.25, -0.2) is 13.2 Å². The standard InChI is InChI=1S/C17H17F3O2/c1-2-3-8-22-12-5-7-13(15(18)9-12)14-6-4-11(10-21)16(19)17(14)20/h4-7,9,21H,2-3,8,10H2,1H3. The molecule has 2 aromatic carbocycles. The molecule has 0 amide bonds. The van der Waals surface area contributed by atoms with Crippen molar-refractivity contribution in [2.75, 3.05) is 6.61 Å². The molecule has 0 saturated carbocycles. The van der Waals surface area contributed by atoms with Gasteiger partial charge in [0.05, 0.1) is 13.2 Å². The molecule has 0 saturated heterocycles. The molecule has 0 aliphatic carbocycles. The SMILES string of the molecule is CCCCOc1ccc(-c2ccc(CO)c(F)c2F)c(F)c1. The van der Waals surface area contributed by atoms with Crippen molar-refractivity contribution in [3.63, 3.8) is 0 Å². The number of ether oxygens (including phenoxy) is 1. The zero-order valence-electron chi connectivity index (χ0n) is 12.2. The minimum atomic E-state index is -1.18. The summed E-state index contributed by atoms with van der Waals surface area (Å²) in [7, 11) is 0. The Labute approximate surface area is 127 Å². The van der Waals surface area contributed by atoms with E-state index in [0.29, 0.717) is 12.4 Å². The predicted octanol–water partition coefficient (Wildman–Crippen LogP) is 4.44. The first kappa shape index (κ1) is 16.4. The van der Waals surface area contributed by atoms with Crippen molar-refractivity contribution in [3.05, 3.63) is 53.3 Å². The zero-order valence-corrected chi connectivity index (χ0v) is 12.2. The van der Waals surface area contributed by atoms with Crippen LogP contribution < -0.4 is 4.74 Å². The molecular formula is C17H17F3O2. The molecule has 0 bridgehead atoms. The van der Waals surface area contributed by atoms with Crippen molar-refractivity contribution in [2.45, 2.75) is 26.4 Å². The van der Waals surface area contributed by atoms with Crippen LogP contribution in [0.1, 0.15) is 25.3 Å². The van der Waals surface area contributed by atoms with E-state index in [1.807, 2.05) is 6.92 Å². The fourth-order valence-electron chi connectivity index (χ4n) is 2.06. The number of unbranched alkanes of at least 4 members (excludes halogenated alkanes) is 1. The molecule has 2 nitrogen and oxygen atoms in total. The second-order valence-corrected chi connectivity index (χ2v) is 4.90. The number of aliphatic hydroxyl groups is 1. The number of hydrogen-bond donors (Lipinski definition) is 1. The molecular weight excluding hydrogens is 293 g/mol. The Morgan fingerprint density at radius 3 is 2.36 bits per heavy atom. The highest BCUT2D eigenvalue weighted by Crippen LogP contribution is 2.30. The predicted molar refractivity (Wildman–Crippen MR) is 78.1 cm³/mol. The molecule has 0 aromatic heterocycles. The van der Waals surface area contributed by atoms with Crippen molar-refractivity contribution >= 4 is 0 Å². The van der Waals surface area contributed by atoms with E-state index in [-0.39, 0.29) is 16.7 Å². The molecule has 0 heterocycles. The summed E-state index contributed by atoms with van der Waals surface area (Å²) in [6.45, 7) is 1.87. The summed E-state index contributed by atoms with van der Waals surface area (Å²) in [6.07, 6.45) is 1.81. The molecule has 0 aliphatic heterocycles. The Morgan fingerprint density at radius 2 is 1.73 bits per heavy atom. The normalized spacial score (nSPS) is 10.8. The summed E-state index contributed by atoms with van der Waals surface area (Å²) in [5.41, 5.74) is -0.405. The smallest absolute Gasteiger partial charge is 0.167 e. The van der Waals surface area contributed by atoms with Gasteiger partial charge in [0, 0.05) is 22.8 Å². The maximum atomic E-state index is 14.1. The van der Waals surface area contributed by atoms with Crippen molar-refractivity contribution in [3.8, 4) is 16.9 Å². The van der Waals surface area contributed by atoms with Crippen molar-refractivity contribution in [1.82, 2.24) is 0 Å². The van der Waals surface area contributed by atoms with E-state index in [2.05, 4.69) is 0 Å². The van der Waals surface area contributed by atoms with Crippen molar-refractivity contribution in [2.24, 2.45) is 0 Å². The lowest BCUT2D eigenvalue weighted by Gasteiger charge is -2.10. The summed E-state index contributed by atoms with van der Waals surface area (Å²) >= 11 is 0. The van der Waals surface area contributed by atoms with Crippen LogP contribution in [0.15, 0.2) is 30.3 Å². The van der Waals surface area contributed by atoms with Crippen LogP contribution in [0.2, 0.25) is 0 Å². The van der Waals surface area contributed by atoms with Gasteiger partial charge in [0.15, 0.2) is 11.6 Å². The van der Waals surface area contributed by atoms with Gasteiger partial charge in [-0.3, -0.25) is 0 Å². The number of hydrogen-bond acceptors (Lipinski definition) is 2. The van der Waals surface area contributed by atoms with E-state index in [0.717, 1.165) is 18.9 Å². The maximum Gasteiger partial charge on any atom is 0.167 e. The Morgan fingerprint density at radius 1 is 1.00 bits per heavy atom. The number of benzene rings is 2. The number of halogens is 3. The number of aliphatic hydroxyl groups excluding tert-OH is 1. The van der Waals surface area contributed by atoms with Gasteiger partial charge in [0.25, 0.3) is 0 Å². The van der Waals surface area contributed by atoms with E-state index >= 15 is 0 Å². The lowest BCUT2D eigenvalue weighted by Crippen LogP contribution is -2.00. The lowest BCUT2D eigenvalue weighted by atomic mass is 10.0. The highest BCUT2D eigenvalue weighted by molar-refractivity contribution is 5.66. The molecule has 0 spiro atoms. The fourth-order valence-corrected chi connectivity index (χ4v) is 2.06. The average molecular weight is 310 g/mol. The first-order valence-corrected chi connectivity index (χ1v) is 7.09. The minimum absolute atomic E-state index is 0.0521. The zero-order chi connectivity index (χ0) is 16.1. The topological polar surface area (TPSA) is 29.5 Å². The van der Waals surface area contributed by atoms with E-state index in [1.165, 1.54) is 24.3 Å². The van der Waals surface area contributed by atoms with Gasteiger partial charge >= 0.3 is 0 Å². The first-order valence-electron chi connectivity index (χ1n) is 7.09. The largest absolute Gasteiger partial charge is 0.493 e. The maximum absolute atomic E-state index is 14.1. The van der Waals surface area contributed by atoms with Crippen LogP contribution in [0.4, 0.5) is 13.2 Å². The van der Waals surface area contributed by atoms with Crippen LogP contribution in [0, 0.1) is 17.5 Å². The second kappa shape index (κ2) is 7.31. The molecule has 22 heavy (non-hydrogen) atoms. The second-order valence-electron chi connectivity index (χ2n) is 4.90. The lowest BCUT2D eigenvalue weighted by molar-refractivity contribution is 0.273. The molecule has 2 rings (SSSR count). The summed E-state index contributed by atoms with van der Waals surface area (Å²) in [4.78, 5) is 0. The Hall–Kier alpha value is -2.01. The van der Waals surface area contributed by atoms with Gasteiger partial charge < -0.3 is 9.84 Å². The summed E-state index contributed by atoms with van der Waals surface area (Å²) < 4.78 is 47.2. The van der Waals surface area contributed by atoms with Crippen LogP contribution in [-0.2, 0) is 6.61 Å².